The minimum atomic E-state index is -0.915. The van der Waals surface area contributed by atoms with E-state index >= 15 is 0 Å². The third kappa shape index (κ3) is 5.24. The number of hydrogen-bond donors (Lipinski definition) is 1. The Morgan fingerprint density at radius 1 is 1.32 bits per heavy atom. The van der Waals surface area contributed by atoms with Crippen LogP contribution in [-0.2, 0) is 4.79 Å². The first-order chi connectivity index (χ1) is 9.08. The lowest BCUT2D eigenvalue weighted by molar-refractivity contribution is -0.128. The number of thiophene rings is 1. The molecule has 0 radical (unpaired) electrons. The van der Waals surface area contributed by atoms with Gasteiger partial charge in [0.25, 0.3) is 0 Å². The Balaban J connectivity index is 2.49. The Kier molecular flexibility index (Phi) is 6.94. The molecule has 4 nitrogen and oxygen atoms in total. The van der Waals surface area contributed by atoms with Gasteiger partial charge in [-0.3, -0.25) is 4.79 Å². The summed E-state index contributed by atoms with van der Waals surface area (Å²) < 4.78 is 0. The lowest BCUT2D eigenvalue weighted by atomic mass is 10.3. The van der Waals surface area contributed by atoms with E-state index in [2.05, 4.69) is 13.8 Å². The molecule has 0 unspecified atom stereocenters. The zero-order chi connectivity index (χ0) is 14.3. The first kappa shape index (κ1) is 16.0. The summed E-state index contributed by atoms with van der Waals surface area (Å²) in [6.45, 7) is 5.69. The van der Waals surface area contributed by atoms with E-state index in [-0.39, 0.29) is 5.91 Å². The normalized spacial score (nSPS) is 10.4. The monoisotopic (exact) mass is 301 g/mol. The molecular weight excluding hydrogens is 282 g/mol. The Labute approximate surface area is 121 Å². The topological polar surface area (TPSA) is 57.6 Å². The van der Waals surface area contributed by atoms with Gasteiger partial charge in [-0.05, 0) is 18.9 Å². The molecule has 0 aromatic carbocycles. The van der Waals surface area contributed by atoms with Crippen LogP contribution in [0.4, 0.5) is 0 Å². The standard InChI is InChI=1S/C13H19NO3S2/c1-3-5-14(6-4-2)12(15)9-18-10-7-11(13(16)17)19-8-10/h7-8H,3-6,9H2,1-2H3,(H,16,17). The van der Waals surface area contributed by atoms with E-state index < -0.39 is 5.97 Å². The summed E-state index contributed by atoms with van der Waals surface area (Å²) in [5.41, 5.74) is 0. The van der Waals surface area contributed by atoms with Gasteiger partial charge in [0.15, 0.2) is 0 Å². The summed E-state index contributed by atoms with van der Waals surface area (Å²) in [6.07, 6.45) is 1.91. The van der Waals surface area contributed by atoms with E-state index in [4.69, 9.17) is 5.11 Å². The van der Waals surface area contributed by atoms with Crippen LogP contribution in [0, 0.1) is 0 Å². The summed E-state index contributed by atoms with van der Waals surface area (Å²) >= 11 is 2.60. The molecule has 1 amide bonds. The highest BCUT2D eigenvalue weighted by Gasteiger charge is 2.13. The lowest BCUT2D eigenvalue weighted by Crippen LogP contribution is -2.33. The molecule has 0 spiro atoms. The molecule has 0 saturated heterocycles. The number of thioether (sulfide) groups is 1. The predicted molar refractivity (Wildman–Crippen MR) is 79.2 cm³/mol. The maximum Gasteiger partial charge on any atom is 0.345 e. The fourth-order valence-electron chi connectivity index (χ4n) is 1.64. The number of hydrogen-bond acceptors (Lipinski definition) is 4. The molecule has 1 aromatic heterocycles. The maximum atomic E-state index is 12.0. The van der Waals surface area contributed by atoms with Crippen molar-refractivity contribution < 1.29 is 14.7 Å². The van der Waals surface area contributed by atoms with E-state index in [9.17, 15) is 9.59 Å². The minimum Gasteiger partial charge on any atom is -0.477 e. The van der Waals surface area contributed by atoms with Crippen molar-refractivity contribution in [1.29, 1.82) is 0 Å². The minimum absolute atomic E-state index is 0.122. The predicted octanol–water partition coefficient (Wildman–Crippen LogP) is 3.19. The largest absolute Gasteiger partial charge is 0.477 e. The molecule has 0 atom stereocenters. The van der Waals surface area contributed by atoms with Gasteiger partial charge in [-0.2, -0.15) is 0 Å². The fourth-order valence-corrected chi connectivity index (χ4v) is 3.42. The molecule has 0 fully saturated rings. The van der Waals surface area contributed by atoms with Crippen molar-refractivity contribution in [3.63, 3.8) is 0 Å². The summed E-state index contributed by atoms with van der Waals surface area (Å²) in [7, 11) is 0. The average Bonchev–Trinajstić information content (AvgIpc) is 2.84. The third-order valence-electron chi connectivity index (χ3n) is 2.49. The fraction of sp³-hybridized carbons (Fsp3) is 0.538. The van der Waals surface area contributed by atoms with E-state index in [1.165, 1.54) is 23.1 Å². The number of carboxylic acids is 1. The van der Waals surface area contributed by atoms with Crippen molar-refractivity contribution in [2.24, 2.45) is 0 Å². The third-order valence-corrected chi connectivity index (χ3v) is 4.52. The second-order valence-electron chi connectivity index (χ2n) is 4.12. The highest BCUT2D eigenvalue weighted by atomic mass is 32.2. The van der Waals surface area contributed by atoms with E-state index in [1.807, 2.05) is 4.90 Å². The van der Waals surface area contributed by atoms with Gasteiger partial charge in [-0.15, -0.1) is 23.1 Å². The van der Waals surface area contributed by atoms with Crippen molar-refractivity contribution in [2.75, 3.05) is 18.8 Å². The van der Waals surface area contributed by atoms with Crippen molar-refractivity contribution >= 4 is 35.0 Å². The Morgan fingerprint density at radius 2 is 1.95 bits per heavy atom. The van der Waals surface area contributed by atoms with Crippen LogP contribution in [-0.4, -0.2) is 40.7 Å². The number of carbonyl (C=O) groups is 2. The van der Waals surface area contributed by atoms with Crippen LogP contribution in [0.2, 0.25) is 0 Å². The second-order valence-corrected chi connectivity index (χ2v) is 6.08. The molecule has 1 heterocycles. The SMILES string of the molecule is CCCN(CCC)C(=O)CSc1csc(C(=O)O)c1. The number of rotatable bonds is 8. The van der Waals surface area contributed by atoms with Crippen LogP contribution in [0.1, 0.15) is 36.4 Å². The zero-order valence-corrected chi connectivity index (χ0v) is 12.9. The Bertz CT molecular complexity index is 425. The van der Waals surface area contributed by atoms with Gasteiger partial charge in [-0.25, -0.2) is 4.79 Å². The molecule has 1 rings (SSSR count). The van der Waals surface area contributed by atoms with Crippen LogP contribution >= 0.6 is 23.1 Å². The smallest absolute Gasteiger partial charge is 0.345 e. The molecule has 19 heavy (non-hydrogen) atoms. The van der Waals surface area contributed by atoms with Crippen LogP contribution < -0.4 is 0 Å². The summed E-state index contributed by atoms with van der Waals surface area (Å²) in [5.74, 6) is -0.422. The van der Waals surface area contributed by atoms with Crippen molar-refractivity contribution in [3.8, 4) is 0 Å². The zero-order valence-electron chi connectivity index (χ0n) is 11.2. The van der Waals surface area contributed by atoms with E-state index in [1.54, 1.807) is 11.4 Å². The van der Waals surface area contributed by atoms with Gasteiger partial charge >= 0.3 is 5.97 Å². The van der Waals surface area contributed by atoms with Crippen molar-refractivity contribution in [1.82, 2.24) is 4.90 Å². The molecule has 0 aliphatic rings. The Morgan fingerprint density at radius 3 is 2.42 bits per heavy atom. The first-order valence-electron chi connectivity index (χ1n) is 6.30. The van der Waals surface area contributed by atoms with Gasteiger partial charge in [0.1, 0.15) is 4.88 Å². The van der Waals surface area contributed by atoms with Gasteiger partial charge in [0.2, 0.25) is 5.91 Å². The quantitative estimate of drug-likeness (QED) is 0.749. The number of carbonyl (C=O) groups excluding carboxylic acids is 1. The number of carboxylic acid groups (broad SMARTS) is 1. The summed E-state index contributed by atoms with van der Waals surface area (Å²) in [5, 5.41) is 10.6. The average molecular weight is 301 g/mol. The number of nitrogens with zero attached hydrogens (tertiary/aromatic N) is 1. The summed E-state index contributed by atoms with van der Waals surface area (Å²) in [6, 6.07) is 1.62. The number of amides is 1. The Hall–Kier alpha value is -1.01. The van der Waals surface area contributed by atoms with E-state index in [0.29, 0.717) is 10.6 Å². The molecule has 0 aliphatic carbocycles. The highest BCUT2D eigenvalue weighted by Crippen LogP contribution is 2.25. The van der Waals surface area contributed by atoms with Crippen LogP contribution in [0.15, 0.2) is 16.3 Å². The summed E-state index contributed by atoms with van der Waals surface area (Å²) in [4.78, 5) is 25.8. The molecule has 1 N–H and O–H groups in total. The van der Waals surface area contributed by atoms with Crippen LogP contribution in [0.25, 0.3) is 0 Å². The highest BCUT2D eigenvalue weighted by molar-refractivity contribution is 8.00. The van der Waals surface area contributed by atoms with Gasteiger partial charge < -0.3 is 10.0 Å². The van der Waals surface area contributed by atoms with Crippen molar-refractivity contribution in [3.05, 3.63) is 16.3 Å². The van der Waals surface area contributed by atoms with Gasteiger partial charge in [0, 0.05) is 23.4 Å². The number of aromatic carboxylic acids is 1. The van der Waals surface area contributed by atoms with Crippen LogP contribution in [0.5, 0.6) is 0 Å². The molecule has 106 valence electrons. The second kappa shape index (κ2) is 8.22. The van der Waals surface area contributed by atoms with Crippen LogP contribution in [0.3, 0.4) is 0 Å². The molecular formula is C13H19NO3S2. The molecule has 0 saturated carbocycles. The molecule has 6 heteroatoms. The van der Waals surface area contributed by atoms with Crippen molar-refractivity contribution in [2.45, 2.75) is 31.6 Å². The van der Waals surface area contributed by atoms with Gasteiger partial charge in [-0.1, -0.05) is 13.8 Å². The molecule has 0 aliphatic heterocycles. The van der Waals surface area contributed by atoms with Gasteiger partial charge in [0.05, 0.1) is 5.75 Å². The van der Waals surface area contributed by atoms with E-state index in [0.717, 1.165) is 30.8 Å². The lowest BCUT2D eigenvalue weighted by Gasteiger charge is -2.21. The molecule has 1 aromatic rings. The molecule has 0 bridgehead atoms. The maximum absolute atomic E-state index is 12.0. The first-order valence-corrected chi connectivity index (χ1v) is 8.17.